The number of carbonyl (C=O) groups excluding carboxylic acids is 2. The van der Waals surface area contributed by atoms with Gasteiger partial charge in [0.1, 0.15) is 22.4 Å². The molecule has 8 heteroatoms. The van der Waals surface area contributed by atoms with Crippen LogP contribution in [0.25, 0.3) is 0 Å². The van der Waals surface area contributed by atoms with Gasteiger partial charge in [0.15, 0.2) is 0 Å². The molecule has 1 atom stereocenters. The highest BCUT2D eigenvalue weighted by molar-refractivity contribution is 7.13. The summed E-state index contributed by atoms with van der Waals surface area (Å²) >= 11 is 1.31. The van der Waals surface area contributed by atoms with E-state index < -0.39 is 6.04 Å². The number of methoxy groups -OCH3 is 1. The fourth-order valence-corrected chi connectivity index (χ4v) is 4.79. The van der Waals surface area contributed by atoms with Crippen molar-refractivity contribution in [2.75, 3.05) is 12.0 Å². The number of thiazole rings is 1. The number of rotatable bonds is 8. The van der Waals surface area contributed by atoms with Gasteiger partial charge in [0, 0.05) is 0 Å². The molecule has 0 aliphatic rings. The Hall–Kier alpha value is -3.91. The summed E-state index contributed by atoms with van der Waals surface area (Å²) in [5, 5.41) is 3.71. The minimum absolute atomic E-state index is 0.195. The number of amides is 2. The first-order valence-electron chi connectivity index (χ1n) is 11.2. The summed E-state index contributed by atoms with van der Waals surface area (Å²) in [6.07, 6.45) is 1.55. The highest BCUT2D eigenvalue weighted by atomic mass is 32.1. The van der Waals surface area contributed by atoms with Crippen LogP contribution in [0.3, 0.4) is 0 Å². The molecule has 2 amide bonds. The summed E-state index contributed by atoms with van der Waals surface area (Å²) in [4.78, 5) is 34.4. The van der Waals surface area contributed by atoms with Crippen molar-refractivity contribution in [1.29, 1.82) is 0 Å². The molecule has 0 aliphatic heterocycles. The van der Waals surface area contributed by atoms with Gasteiger partial charge in [-0.05, 0) is 56.2 Å². The monoisotopic (exact) mass is 489 g/mol. The molecule has 7 nitrogen and oxygen atoms in total. The van der Waals surface area contributed by atoms with Gasteiger partial charge in [-0.3, -0.25) is 14.5 Å². The van der Waals surface area contributed by atoms with E-state index in [0.717, 1.165) is 10.6 Å². The van der Waals surface area contributed by atoms with E-state index in [2.05, 4.69) is 10.3 Å². The molecule has 0 aliphatic carbocycles. The van der Waals surface area contributed by atoms with Gasteiger partial charge in [-0.25, -0.2) is 4.98 Å². The number of aryl methyl sites for hydroxylation is 3. The molecule has 0 radical (unpaired) electrons. The van der Waals surface area contributed by atoms with Crippen LogP contribution in [0.15, 0.2) is 71.3 Å². The topological polar surface area (TPSA) is 84.7 Å². The Balaban J connectivity index is 1.87. The van der Waals surface area contributed by atoms with E-state index in [1.54, 1.807) is 38.5 Å². The van der Waals surface area contributed by atoms with Crippen LogP contribution in [0.4, 0.5) is 5.69 Å². The number of ether oxygens (including phenoxy) is 1. The van der Waals surface area contributed by atoms with Gasteiger partial charge in [-0.1, -0.05) is 36.4 Å². The van der Waals surface area contributed by atoms with E-state index in [-0.39, 0.29) is 18.4 Å². The molecule has 4 aromatic rings. The summed E-state index contributed by atoms with van der Waals surface area (Å²) in [5.74, 6) is 0.440. The van der Waals surface area contributed by atoms with Crippen LogP contribution in [-0.4, -0.2) is 23.9 Å². The van der Waals surface area contributed by atoms with Gasteiger partial charge < -0.3 is 14.5 Å². The molecule has 1 N–H and O–H groups in total. The summed E-state index contributed by atoms with van der Waals surface area (Å²) < 4.78 is 11.0. The summed E-state index contributed by atoms with van der Waals surface area (Å²) in [6, 6.07) is 17.4. The molecule has 0 saturated heterocycles. The van der Waals surface area contributed by atoms with Crippen molar-refractivity contribution in [1.82, 2.24) is 10.3 Å². The fourth-order valence-electron chi connectivity index (χ4n) is 3.93. The lowest BCUT2D eigenvalue weighted by molar-refractivity contribution is -0.122. The number of furan rings is 1. The number of aromatic nitrogens is 1. The number of nitrogens with one attached hydrogen (secondary N) is 1. The first kappa shape index (κ1) is 24.2. The molecule has 2 aromatic carbocycles. The second-order valence-electron chi connectivity index (χ2n) is 8.11. The number of anilines is 1. The smallest absolute Gasteiger partial charge is 0.271 e. The maximum atomic E-state index is 14.2. The minimum Gasteiger partial charge on any atom is -0.495 e. The van der Waals surface area contributed by atoms with E-state index in [9.17, 15) is 9.59 Å². The third-order valence-corrected chi connectivity index (χ3v) is 6.61. The van der Waals surface area contributed by atoms with Gasteiger partial charge in [0.2, 0.25) is 5.91 Å². The van der Waals surface area contributed by atoms with Crippen LogP contribution in [0.5, 0.6) is 5.75 Å². The zero-order valence-corrected chi connectivity index (χ0v) is 20.9. The molecular formula is C27H27N3O4S. The van der Waals surface area contributed by atoms with Gasteiger partial charge in [0.05, 0.1) is 36.3 Å². The third kappa shape index (κ3) is 5.27. The molecule has 0 saturated carbocycles. The lowest BCUT2D eigenvalue weighted by Crippen LogP contribution is -2.44. The van der Waals surface area contributed by atoms with Crippen molar-refractivity contribution in [3.05, 3.63) is 99.4 Å². The van der Waals surface area contributed by atoms with Crippen LogP contribution in [0, 0.1) is 20.8 Å². The highest BCUT2D eigenvalue weighted by Gasteiger charge is 2.36. The number of carbonyl (C=O) groups is 2. The summed E-state index contributed by atoms with van der Waals surface area (Å²) in [7, 11) is 1.55. The van der Waals surface area contributed by atoms with Crippen molar-refractivity contribution in [3.8, 4) is 5.75 Å². The standard InChI is InChI=1S/C27H27N3O4S/c1-17-12-13-23(33-4)22(15-17)30(27(32)25-18(2)29-19(3)35-25)24(20-9-6-5-7-10-20)26(31)28-16-21-11-8-14-34-21/h5-15,24H,16H2,1-4H3,(H,28,31). The number of benzene rings is 2. The molecule has 0 fully saturated rings. The van der Waals surface area contributed by atoms with Gasteiger partial charge in [-0.15, -0.1) is 11.3 Å². The summed E-state index contributed by atoms with van der Waals surface area (Å²) in [6.45, 7) is 5.79. The predicted molar refractivity (Wildman–Crippen MR) is 136 cm³/mol. The van der Waals surface area contributed by atoms with Gasteiger partial charge in [0.25, 0.3) is 5.91 Å². The Kier molecular flexibility index (Phi) is 7.31. The molecule has 35 heavy (non-hydrogen) atoms. The summed E-state index contributed by atoms with van der Waals surface area (Å²) in [5.41, 5.74) is 2.72. The maximum Gasteiger partial charge on any atom is 0.271 e. The molecule has 2 heterocycles. The Morgan fingerprint density at radius 2 is 1.86 bits per heavy atom. The molecule has 1 unspecified atom stereocenters. The van der Waals surface area contributed by atoms with E-state index >= 15 is 0 Å². The normalized spacial score (nSPS) is 11.7. The van der Waals surface area contributed by atoms with Gasteiger partial charge >= 0.3 is 0 Å². The Morgan fingerprint density at radius 3 is 2.49 bits per heavy atom. The van der Waals surface area contributed by atoms with E-state index in [1.807, 2.05) is 56.3 Å². The van der Waals surface area contributed by atoms with Crippen LogP contribution in [0.1, 0.15) is 43.3 Å². The van der Waals surface area contributed by atoms with Gasteiger partial charge in [-0.2, -0.15) is 0 Å². The first-order valence-corrected chi connectivity index (χ1v) is 12.0. The zero-order valence-electron chi connectivity index (χ0n) is 20.1. The van der Waals surface area contributed by atoms with Crippen molar-refractivity contribution < 1.29 is 18.7 Å². The van der Waals surface area contributed by atoms with Crippen LogP contribution < -0.4 is 15.0 Å². The fraction of sp³-hybridized carbons (Fsp3) is 0.222. The molecule has 0 spiro atoms. The number of hydrogen-bond acceptors (Lipinski definition) is 6. The van der Waals surface area contributed by atoms with Crippen molar-refractivity contribution in [3.63, 3.8) is 0 Å². The Morgan fingerprint density at radius 1 is 1.09 bits per heavy atom. The third-order valence-electron chi connectivity index (χ3n) is 5.55. The second-order valence-corrected chi connectivity index (χ2v) is 9.31. The van der Waals surface area contributed by atoms with Crippen molar-refractivity contribution in [2.45, 2.75) is 33.4 Å². The van der Waals surface area contributed by atoms with Crippen LogP contribution in [0.2, 0.25) is 0 Å². The minimum atomic E-state index is -0.962. The second kappa shape index (κ2) is 10.6. The average Bonchev–Trinajstić information content (AvgIpc) is 3.50. The quantitative estimate of drug-likeness (QED) is 0.359. The maximum absolute atomic E-state index is 14.2. The number of nitrogens with zero attached hydrogens (tertiary/aromatic N) is 2. The van der Waals surface area contributed by atoms with Crippen molar-refractivity contribution in [2.24, 2.45) is 0 Å². The lowest BCUT2D eigenvalue weighted by Gasteiger charge is -2.32. The molecule has 0 bridgehead atoms. The SMILES string of the molecule is COc1ccc(C)cc1N(C(=O)c1sc(C)nc1C)C(C(=O)NCc1ccco1)c1ccccc1. The molecule has 4 rings (SSSR count). The molecule has 180 valence electrons. The molecule has 2 aromatic heterocycles. The Labute approximate surface area is 208 Å². The highest BCUT2D eigenvalue weighted by Crippen LogP contribution is 2.38. The van der Waals surface area contributed by atoms with Crippen molar-refractivity contribution >= 4 is 28.8 Å². The first-order chi connectivity index (χ1) is 16.9. The van der Waals surface area contributed by atoms with E-state index in [0.29, 0.717) is 33.3 Å². The number of hydrogen-bond donors (Lipinski definition) is 1. The molecular weight excluding hydrogens is 462 g/mol. The van der Waals surface area contributed by atoms with Crippen LogP contribution in [-0.2, 0) is 11.3 Å². The van der Waals surface area contributed by atoms with Crippen LogP contribution >= 0.6 is 11.3 Å². The van der Waals surface area contributed by atoms with E-state index in [4.69, 9.17) is 9.15 Å². The predicted octanol–water partition coefficient (Wildman–Crippen LogP) is 5.37. The largest absolute Gasteiger partial charge is 0.495 e. The lowest BCUT2D eigenvalue weighted by atomic mass is 10.0. The zero-order chi connectivity index (χ0) is 24.9. The van der Waals surface area contributed by atoms with E-state index in [1.165, 1.54) is 16.2 Å². The average molecular weight is 490 g/mol. The Bertz CT molecular complexity index is 1320.